The number of halogens is 2. The number of allylic oxidation sites excluding steroid dienone is 5. The normalized spacial score (nSPS) is 27.3. The number of carbonyl (C=O) groups excluding carboxylic acids is 3. The Kier molecular flexibility index (Phi) is 10.4. The SMILES string of the molecule is C=C/C=C(\C=C/I1/C=C\C(O)=C\C(O)=C2C(=O)I3(O)(C[C@@H]2CC1)C(=O)C(C(N)=O)=C(O)[C@H]3N(C)C)CNCc1ccccc1. The van der Waals surface area contributed by atoms with E-state index >= 15 is 0 Å². The number of carbonyl (C=O) groups is 3. The molecule has 0 bridgehead atoms. The molecule has 12 heteroatoms. The van der Waals surface area contributed by atoms with Gasteiger partial charge in [0.05, 0.1) is 0 Å². The Morgan fingerprint density at radius 1 is 1.18 bits per heavy atom. The van der Waals surface area contributed by atoms with Crippen LogP contribution >= 0.6 is 37.3 Å². The fraction of sp³-hybridized carbons (Fsp3) is 0.281. The molecule has 3 aliphatic heterocycles. The Morgan fingerprint density at radius 2 is 1.89 bits per heavy atom. The summed E-state index contributed by atoms with van der Waals surface area (Å²) in [5.74, 6) is -3.49. The monoisotopic (exact) mass is 831 g/mol. The summed E-state index contributed by atoms with van der Waals surface area (Å²) < 4.78 is 13.4. The minimum atomic E-state index is -6.16. The third kappa shape index (κ3) is 6.22. The summed E-state index contributed by atoms with van der Waals surface area (Å²) in [6.07, 6.45) is 8.54. The number of alkyl halides is 3. The molecule has 2 atom stereocenters. The van der Waals surface area contributed by atoms with E-state index in [1.54, 1.807) is 6.08 Å². The minimum absolute atomic E-state index is 0.153. The van der Waals surface area contributed by atoms with Gasteiger partial charge in [0.1, 0.15) is 0 Å². The number of nitrogens with two attached hydrogens (primary N) is 1. The summed E-state index contributed by atoms with van der Waals surface area (Å²) in [6, 6.07) is 10.0. The van der Waals surface area contributed by atoms with Crippen molar-refractivity contribution in [2.75, 3.05) is 29.5 Å². The Bertz CT molecular complexity index is 1560. The zero-order valence-corrected chi connectivity index (χ0v) is 28.9. The van der Waals surface area contributed by atoms with Crippen molar-refractivity contribution in [2.45, 2.75) is 17.0 Å². The van der Waals surface area contributed by atoms with E-state index in [2.05, 4.69) is 16.0 Å². The van der Waals surface area contributed by atoms with Crippen molar-refractivity contribution in [3.05, 3.63) is 115 Å². The molecule has 0 saturated carbocycles. The molecule has 1 aromatic carbocycles. The Labute approximate surface area is 265 Å². The Balaban J connectivity index is 1.63. The second-order valence-corrected chi connectivity index (χ2v) is 26.3. The van der Waals surface area contributed by atoms with Crippen molar-refractivity contribution in [2.24, 2.45) is 11.7 Å². The van der Waals surface area contributed by atoms with Gasteiger partial charge in [-0.25, -0.2) is 0 Å². The van der Waals surface area contributed by atoms with Crippen LogP contribution in [0, 0.1) is 5.92 Å². The predicted molar refractivity (Wildman–Crippen MR) is 190 cm³/mol. The molecule has 10 nitrogen and oxygen atoms in total. The summed E-state index contributed by atoms with van der Waals surface area (Å²) in [6.45, 7) is 5.11. The first-order valence-electron chi connectivity index (χ1n) is 13.8. The van der Waals surface area contributed by atoms with E-state index in [0.29, 0.717) is 23.9 Å². The number of nitrogens with one attached hydrogen (secondary N) is 1. The molecule has 1 fully saturated rings. The number of rotatable bonds is 9. The van der Waals surface area contributed by atoms with E-state index in [-0.39, 0.29) is 15.8 Å². The summed E-state index contributed by atoms with van der Waals surface area (Å²) in [7, 11) is 2.99. The van der Waals surface area contributed by atoms with Crippen molar-refractivity contribution in [1.82, 2.24) is 10.2 Å². The van der Waals surface area contributed by atoms with Crippen LogP contribution in [-0.2, 0) is 20.9 Å². The quantitative estimate of drug-likeness (QED) is 0.0526. The number of nitrogens with zero attached hydrogens (tertiary/aromatic N) is 1. The van der Waals surface area contributed by atoms with Gasteiger partial charge in [-0.05, 0) is 0 Å². The van der Waals surface area contributed by atoms with Gasteiger partial charge in [0.2, 0.25) is 0 Å². The zero-order chi connectivity index (χ0) is 32.3. The van der Waals surface area contributed by atoms with E-state index in [1.165, 1.54) is 25.1 Å². The summed E-state index contributed by atoms with van der Waals surface area (Å²) >= 11 is -8.26. The fourth-order valence-corrected chi connectivity index (χ4v) is 23.4. The number of hydrogen-bond acceptors (Lipinski definition) is 9. The molecule has 1 saturated heterocycles. The molecule has 44 heavy (non-hydrogen) atoms. The van der Waals surface area contributed by atoms with Crippen molar-refractivity contribution >= 4 is 50.8 Å². The molecule has 0 unspecified atom stereocenters. The van der Waals surface area contributed by atoms with Crippen LogP contribution in [0.25, 0.3) is 0 Å². The first-order chi connectivity index (χ1) is 20.8. The third-order valence-corrected chi connectivity index (χ3v) is 24.6. The third-order valence-electron chi connectivity index (χ3n) is 7.61. The van der Waals surface area contributed by atoms with Crippen LogP contribution in [-0.4, -0.2) is 70.7 Å². The number of amides is 1. The molecule has 0 aliphatic carbocycles. The van der Waals surface area contributed by atoms with Crippen molar-refractivity contribution in [3.63, 3.8) is 0 Å². The molecule has 3 heterocycles. The molecule has 1 spiro atoms. The van der Waals surface area contributed by atoms with Crippen LogP contribution in [0.1, 0.15) is 12.0 Å². The topological polar surface area (TPSA) is 173 Å². The average Bonchev–Trinajstić information content (AvgIpc) is 3.30. The van der Waals surface area contributed by atoms with E-state index < -0.39 is 77.8 Å². The molecule has 0 radical (unpaired) electrons. The zero-order valence-electron chi connectivity index (χ0n) is 24.6. The number of hydrogen-bond donors (Lipinski definition) is 6. The van der Waals surface area contributed by atoms with Gasteiger partial charge in [0, 0.05) is 0 Å². The second-order valence-electron chi connectivity index (χ2n) is 10.9. The average molecular weight is 831 g/mol. The number of primary amides is 1. The molecule has 0 aromatic heterocycles. The summed E-state index contributed by atoms with van der Waals surface area (Å²) in [4.78, 5) is 41.6. The van der Waals surface area contributed by atoms with Crippen molar-refractivity contribution < 1.29 is 33.1 Å². The molecule has 3 aliphatic rings. The van der Waals surface area contributed by atoms with Crippen molar-refractivity contribution in [3.8, 4) is 0 Å². The van der Waals surface area contributed by atoms with Gasteiger partial charge in [-0.2, -0.15) is 0 Å². The van der Waals surface area contributed by atoms with Gasteiger partial charge in [0.25, 0.3) is 0 Å². The maximum absolute atomic E-state index is 14.2. The summed E-state index contributed by atoms with van der Waals surface area (Å²) in [5, 5.41) is 36.0. The molecule has 1 amide bonds. The van der Waals surface area contributed by atoms with Crippen LogP contribution in [0.4, 0.5) is 0 Å². The standard InChI is InChI=1S/C32H39I2N3O7/c1-4-8-21(19-36-20-22-9-6-5-7-10-22)11-14-33-15-12-23-18-34(44,30(41)26(23)25(39)17-24(38)13-16-33)29(37(2)3)28(40)27(31(34)42)32(35)43/h4-11,13-14,16-17,23,29,36,38-40,44H,1,12,15,18-20H2,2-3H3,(H2,35,43)/b14-11-,16-13-,21-8+,24-17-,26-25?/t23-,29+/m0/s1. The van der Waals surface area contributed by atoms with Gasteiger partial charge in [0.15, 0.2) is 0 Å². The molecule has 7 N–H and O–H groups in total. The maximum atomic E-state index is 14.2. The Hall–Kier alpha value is -3.05. The van der Waals surface area contributed by atoms with Crippen LogP contribution in [0.2, 0.25) is 0 Å². The van der Waals surface area contributed by atoms with Crippen LogP contribution in [0.3, 0.4) is 0 Å². The molecule has 4 rings (SSSR count). The molecular formula is C32H39I2N3O7. The van der Waals surface area contributed by atoms with Crippen LogP contribution < -0.4 is 11.1 Å². The first kappa shape index (κ1) is 33.8. The second kappa shape index (κ2) is 13.5. The van der Waals surface area contributed by atoms with E-state index in [0.717, 1.165) is 17.2 Å². The van der Waals surface area contributed by atoms with Crippen molar-refractivity contribution in [1.29, 1.82) is 0 Å². The number of aliphatic hydroxyl groups is 3. The summed E-state index contributed by atoms with van der Waals surface area (Å²) in [5.41, 5.74) is 6.68. The van der Waals surface area contributed by atoms with Gasteiger partial charge in [-0.15, -0.1) is 0 Å². The predicted octanol–water partition coefficient (Wildman–Crippen LogP) is 4.45. The van der Waals surface area contributed by atoms with Gasteiger partial charge in [-0.1, -0.05) is 0 Å². The molecule has 1 aromatic rings. The van der Waals surface area contributed by atoms with E-state index in [1.807, 2.05) is 46.6 Å². The number of fused-ring (bicyclic) bond motifs is 1. The van der Waals surface area contributed by atoms with Gasteiger partial charge >= 0.3 is 267 Å². The van der Waals surface area contributed by atoms with Gasteiger partial charge < -0.3 is 0 Å². The van der Waals surface area contributed by atoms with Crippen LogP contribution in [0.15, 0.2) is 109 Å². The van der Waals surface area contributed by atoms with E-state index in [4.69, 9.17) is 5.73 Å². The van der Waals surface area contributed by atoms with Gasteiger partial charge in [-0.3, -0.25) is 0 Å². The van der Waals surface area contributed by atoms with Crippen LogP contribution in [0.5, 0.6) is 0 Å². The number of likely N-dealkylation sites (N-methyl/N-ethyl adjacent to an activating group) is 1. The molecular weight excluding hydrogens is 792 g/mol. The van der Waals surface area contributed by atoms with E-state index in [9.17, 15) is 33.1 Å². The number of aliphatic hydroxyl groups excluding tert-OH is 3. The first-order valence-corrected chi connectivity index (χ1v) is 23.7. The fourth-order valence-electron chi connectivity index (χ4n) is 5.68. The molecule has 238 valence electrons. The number of benzene rings is 1. The Morgan fingerprint density at radius 3 is 2.52 bits per heavy atom.